The number of methoxy groups -OCH3 is 1. The monoisotopic (exact) mass is 457 g/mol. The molecular formula is C18H20ClN3O5S2. The summed E-state index contributed by atoms with van der Waals surface area (Å²) in [6.07, 6.45) is 2.95. The highest BCUT2D eigenvalue weighted by Crippen LogP contribution is 2.36. The van der Waals surface area contributed by atoms with Crippen LogP contribution in [0.15, 0.2) is 22.5 Å². The number of carbonyl (C=O) groups excluding carboxylic acids is 2. The van der Waals surface area contributed by atoms with Crippen LogP contribution in [0, 0.1) is 0 Å². The van der Waals surface area contributed by atoms with Crippen LogP contribution < -0.4 is 14.8 Å². The molecule has 2 aromatic rings. The Morgan fingerprint density at radius 1 is 1.28 bits per heavy atom. The van der Waals surface area contributed by atoms with E-state index in [1.54, 1.807) is 25.1 Å². The smallest absolute Gasteiger partial charge is 0.316 e. The molecular weight excluding hydrogens is 438 g/mol. The first-order chi connectivity index (χ1) is 14.0. The number of aromatic nitrogens is 2. The second kappa shape index (κ2) is 11.6. The Morgan fingerprint density at radius 2 is 2.07 bits per heavy atom. The first kappa shape index (κ1) is 23.0. The molecule has 1 aromatic heterocycles. The summed E-state index contributed by atoms with van der Waals surface area (Å²) in [5.74, 6) is 0.363. The lowest BCUT2D eigenvalue weighted by molar-refractivity contribution is -0.139. The summed E-state index contributed by atoms with van der Waals surface area (Å²) in [7, 11) is 1.51. The molecule has 0 spiro atoms. The lowest BCUT2D eigenvalue weighted by Gasteiger charge is -2.11. The van der Waals surface area contributed by atoms with E-state index in [1.165, 1.54) is 36.3 Å². The average Bonchev–Trinajstić information content (AvgIpc) is 3.12. The number of halogens is 1. The van der Waals surface area contributed by atoms with Gasteiger partial charge in [-0.05, 0) is 37.6 Å². The van der Waals surface area contributed by atoms with Crippen LogP contribution in [-0.4, -0.2) is 48.2 Å². The summed E-state index contributed by atoms with van der Waals surface area (Å²) in [5.41, 5.74) is 0.678. The highest BCUT2D eigenvalue weighted by molar-refractivity contribution is 8.01. The number of hydrogen-bond acceptors (Lipinski definition) is 9. The van der Waals surface area contributed by atoms with Crippen LogP contribution >= 0.6 is 34.7 Å². The minimum atomic E-state index is -0.381. The maximum atomic E-state index is 12.1. The molecule has 0 fully saturated rings. The predicted octanol–water partition coefficient (Wildman–Crippen LogP) is 3.91. The minimum Gasteiger partial charge on any atom is -0.491 e. The molecule has 156 valence electrons. The summed E-state index contributed by atoms with van der Waals surface area (Å²) in [6, 6.07) is 3.40. The Bertz CT molecular complexity index is 888. The van der Waals surface area contributed by atoms with Gasteiger partial charge < -0.3 is 14.2 Å². The van der Waals surface area contributed by atoms with E-state index < -0.39 is 0 Å². The second-order valence-corrected chi connectivity index (χ2v) is 7.86. The number of nitrogens with zero attached hydrogens (tertiary/aromatic N) is 2. The summed E-state index contributed by atoms with van der Waals surface area (Å²) in [5, 5.41) is 11.1. The number of rotatable bonds is 10. The largest absolute Gasteiger partial charge is 0.491 e. The molecule has 0 saturated heterocycles. The van der Waals surface area contributed by atoms with E-state index in [4.69, 9.17) is 25.8 Å². The van der Waals surface area contributed by atoms with Gasteiger partial charge in [0.15, 0.2) is 15.8 Å². The van der Waals surface area contributed by atoms with Gasteiger partial charge in [-0.1, -0.05) is 34.7 Å². The fraction of sp³-hybridized carbons (Fsp3) is 0.333. The highest BCUT2D eigenvalue weighted by atomic mass is 35.5. The van der Waals surface area contributed by atoms with Gasteiger partial charge in [-0.15, -0.1) is 10.2 Å². The summed E-state index contributed by atoms with van der Waals surface area (Å²) >= 11 is 8.57. The number of anilines is 1. The predicted molar refractivity (Wildman–Crippen MR) is 114 cm³/mol. The number of esters is 1. The second-order valence-electron chi connectivity index (χ2n) is 5.26. The molecule has 0 aliphatic carbocycles. The molecule has 1 heterocycles. The van der Waals surface area contributed by atoms with Crippen LogP contribution in [-0.2, 0) is 14.3 Å². The van der Waals surface area contributed by atoms with Crippen molar-refractivity contribution in [2.75, 3.05) is 31.4 Å². The van der Waals surface area contributed by atoms with Gasteiger partial charge in [-0.3, -0.25) is 14.9 Å². The quantitative estimate of drug-likeness (QED) is 0.248. The van der Waals surface area contributed by atoms with Gasteiger partial charge in [0.25, 0.3) is 0 Å². The van der Waals surface area contributed by atoms with E-state index in [9.17, 15) is 9.59 Å². The van der Waals surface area contributed by atoms with Crippen molar-refractivity contribution in [3.8, 4) is 11.5 Å². The molecule has 8 nitrogen and oxygen atoms in total. The number of thioether (sulfide) groups is 1. The number of amides is 1. The highest BCUT2D eigenvalue weighted by Gasteiger charge is 2.12. The first-order valence-electron chi connectivity index (χ1n) is 8.58. The maximum Gasteiger partial charge on any atom is 0.316 e. The van der Waals surface area contributed by atoms with Crippen LogP contribution in [0.5, 0.6) is 11.5 Å². The Kier molecular flexibility index (Phi) is 9.23. The zero-order valence-electron chi connectivity index (χ0n) is 16.1. The number of ether oxygens (including phenoxy) is 3. The van der Waals surface area contributed by atoms with E-state index in [1.807, 2.05) is 6.92 Å². The average molecular weight is 458 g/mol. The third kappa shape index (κ3) is 7.22. The molecule has 0 aliphatic heterocycles. The van der Waals surface area contributed by atoms with Crippen molar-refractivity contribution in [1.82, 2.24) is 10.2 Å². The van der Waals surface area contributed by atoms with Crippen LogP contribution in [0.2, 0.25) is 5.02 Å². The molecule has 0 atom stereocenters. The van der Waals surface area contributed by atoms with Gasteiger partial charge in [-0.2, -0.15) is 0 Å². The molecule has 0 bridgehead atoms. The van der Waals surface area contributed by atoms with E-state index >= 15 is 0 Å². The topological polar surface area (TPSA) is 99.6 Å². The Morgan fingerprint density at radius 3 is 2.76 bits per heavy atom. The summed E-state index contributed by atoms with van der Waals surface area (Å²) in [6.45, 7) is 4.37. The van der Waals surface area contributed by atoms with E-state index in [2.05, 4.69) is 15.5 Å². The minimum absolute atomic E-state index is 0.136. The zero-order valence-corrected chi connectivity index (χ0v) is 18.4. The molecule has 11 heteroatoms. The fourth-order valence-electron chi connectivity index (χ4n) is 2.11. The molecule has 0 unspecified atom stereocenters. The standard InChI is InChI=1S/C18H20ClN3O5S2/c1-4-26-13-9-11(8-12(19)16(13)25-3)6-7-14(23)20-17-21-22-18(29-17)28-10-15(24)27-5-2/h6-9H,4-5,10H2,1-3H3,(H,20,21,23)/b7-6+. The van der Waals surface area contributed by atoms with Crippen molar-refractivity contribution in [3.05, 3.63) is 28.8 Å². The molecule has 0 saturated carbocycles. The normalized spacial score (nSPS) is 10.8. The van der Waals surface area contributed by atoms with Gasteiger partial charge in [0.1, 0.15) is 0 Å². The number of nitrogens with one attached hydrogen (secondary N) is 1. The molecule has 1 N–H and O–H groups in total. The van der Waals surface area contributed by atoms with Gasteiger partial charge in [0, 0.05) is 6.08 Å². The Hall–Kier alpha value is -2.30. The molecule has 0 radical (unpaired) electrons. The third-order valence-electron chi connectivity index (χ3n) is 3.22. The Labute approximate surface area is 181 Å². The van der Waals surface area contributed by atoms with E-state index in [0.29, 0.717) is 44.8 Å². The number of benzene rings is 1. The third-order valence-corrected chi connectivity index (χ3v) is 5.44. The molecule has 0 aliphatic rings. The molecule has 1 aromatic carbocycles. The molecule has 1 amide bonds. The number of hydrogen-bond donors (Lipinski definition) is 1. The lowest BCUT2D eigenvalue weighted by atomic mass is 10.2. The van der Waals surface area contributed by atoms with Crippen molar-refractivity contribution in [2.45, 2.75) is 18.2 Å². The van der Waals surface area contributed by atoms with Gasteiger partial charge >= 0.3 is 5.97 Å². The van der Waals surface area contributed by atoms with Crippen LogP contribution in [0.3, 0.4) is 0 Å². The molecule has 2 rings (SSSR count). The fourth-order valence-corrected chi connectivity index (χ4v) is 3.96. The number of carbonyl (C=O) groups is 2. The van der Waals surface area contributed by atoms with Crippen molar-refractivity contribution in [2.24, 2.45) is 0 Å². The van der Waals surface area contributed by atoms with Crippen molar-refractivity contribution < 1.29 is 23.8 Å². The summed E-state index contributed by atoms with van der Waals surface area (Å²) in [4.78, 5) is 23.5. The Balaban J connectivity index is 1.97. The van der Waals surface area contributed by atoms with Crippen LogP contribution in [0.1, 0.15) is 19.4 Å². The van der Waals surface area contributed by atoms with Crippen molar-refractivity contribution >= 4 is 57.8 Å². The van der Waals surface area contributed by atoms with Crippen LogP contribution in [0.4, 0.5) is 5.13 Å². The summed E-state index contributed by atoms with van der Waals surface area (Å²) < 4.78 is 16.2. The van der Waals surface area contributed by atoms with Gasteiger partial charge in [-0.25, -0.2) is 0 Å². The maximum absolute atomic E-state index is 12.1. The van der Waals surface area contributed by atoms with Gasteiger partial charge in [0.05, 0.1) is 31.1 Å². The van der Waals surface area contributed by atoms with Gasteiger partial charge in [0.2, 0.25) is 11.0 Å². The first-order valence-corrected chi connectivity index (χ1v) is 10.8. The lowest BCUT2D eigenvalue weighted by Crippen LogP contribution is -2.07. The molecule has 29 heavy (non-hydrogen) atoms. The van der Waals surface area contributed by atoms with Crippen LogP contribution in [0.25, 0.3) is 6.08 Å². The zero-order chi connectivity index (χ0) is 21.2. The van der Waals surface area contributed by atoms with E-state index in [-0.39, 0.29) is 17.6 Å². The van der Waals surface area contributed by atoms with E-state index in [0.717, 1.165) is 0 Å². The SMILES string of the molecule is CCOC(=O)CSc1nnc(NC(=O)/C=C/c2cc(Cl)c(OC)c(OCC)c2)s1. The van der Waals surface area contributed by atoms with Crippen molar-refractivity contribution in [1.29, 1.82) is 0 Å². The van der Waals surface area contributed by atoms with Crippen molar-refractivity contribution in [3.63, 3.8) is 0 Å².